The number of amides is 2. The molecule has 2 N–H and O–H groups in total. The van der Waals surface area contributed by atoms with E-state index in [9.17, 15) is 14.4 Å². The number of carbonyl (C=O) groups excluding carboxylic acids is 2. The van der Waals surface area contributed by atoms with Crippen LogP contribution in [0.5, 0.6) is 0 Å². The Labute approximate surface area is 133 Å². The lowest BCUT2D eigenvalue weighted by Gasteiger charge is -2.25. The third-order valence-electron chi connectivity index (χ3n) is 4.45. The van der Waals surface area contributed by atoms with E-state index in [2.05, 4.69) is 15.5 Å². The maximum Gasteiger partial charge on any atom is 0.407 e. The summed E-state index contributed by atoms with van der Waals surface area (Å²) < 4.78 is 5.41. The summed E-state index contributed by atoms with van der Waals surface area (Å²) in [5, 5.41) is 8.97. The maximum absolute atomic E-state index is 12.4. The molecule has 3 rings (SSSR count). The molecule has 2 saturated heterocycles. The normalized spacial score (nSPS) is 24.2. The second kappa shape index (κ2) is 6.39. The zero-order valence-corrected chi connectivity index (χ0v) is 12.8. The van der Waals surface area contributed by atoms with Gasteiger partial charge >= 0.3 is 6.09 Å². The fraction of sp³-hybridized carbons (Fsp3) is 0.600. The maximum atomic E-state index is 12.4. The van der Waals surface area contributed by atoms with Gasteiger partial charge in [0.15, 0.2) is 0 Å². The first-order valence-electron chi connectivity index (χ1n) is 7.86. The summed E-state index contributed by atoms with van der Waals surface area (Å²) in [6, 6.07) is 3.04. The summed E-state index contributed by atoms with van der Waals surface area (Å²) in [6.07, 6.45) is 2.73. The van der Waals surface area contributed by atoms with E-state index in [-0.39, 0.29) is 17.6 Å². The van der Waals surface area contributed by atoms with Gasteiger partial charge in [-0.05, 0) is 18.9 Å². The number of rotatable bonds is 3. The SMILES string of the molecule is O=C1NCC2(CCCN(C(=O)CCc3ccc(=O)[nH]n3)CC2)O1. The Kier molecular flexibility index (Phi) is 4.31. The van der Waals surface area contributed by atoms with Crippen molar-refractivity contribution in [1.29, 1.82) is 0 Å². The quantitative estimate of drug-likeness (QED) is 0.827. The van der Waals surface area contributed by atoms with Gasteiger partial charge in [0.05, 0.1) is 12.2 Å². The molecule has 2 aliphatic heterocycles. The second-order valence-electron chi connectivity index (χ2n) is 6.07. The van der Waals surface area contributed by atoms with Gasteiger partial charge in [-0.2, -0.15) is 5.10 Å². The highest BCUT2D eigenvalue weighted by molar-refractivity contribution is 5.76. The standard InChI is InChI=1S/C15H20N4O4/c20-12-4-2-11(17-18-12)3-5-13(21)19-8-1-6-15(7-9-19)10-16-14(22)23-15/h2,4H,1,3,5-10H2,(H,16,22)(H,18,20). The summed E-state index contributed by atoms with van der Waals surface area (Å²) in [5.41, 5.74) is -0.0113. The van der Waals surface area contributed by atoms with Gasteiger partial charge < -0.3 is 15.0 Å². The van der Waals surface area contributed by atoms with E-state index < -0.39 is 5.60 Å². The van der Waals surface area contributed by atoms with Crippen molar-refractivity contribution in [2.75, 3.05) is 19.6 Å². The van der Waals surface area contributed by atoms with E-state index >= 15 is 0 Å². The lowest BCUT2D eigenvalue weighted by Crippen LogP contribution is -2.36. The Morgan fingerprint density at radius 1 is 1.30 bits per heavy atom. The molecular weight excluding hydrogens is 300 g/mol. The van der Waals surface area contributed by atoms with Gasteiger partial charge in [0.1, 0.15) is 5.60 Å². The van der Waals surface area contributed by atoms with Gasteiger partial charge in [-0.15, -0.1) is 0 Å². The predicted molar refractivity (Wildman–Crippen MR) is 80.8 cm³/mol. The molecule has 1 aromatic rings. The molecule has 1 aromatic heterocycles. The van der Waals surface area contributed by atoms with Crippen LogP contribution < -0.4 is 10.9 Å². The summed E-state index contributed by atoms with van der Waals surface area (Å²) in [6.45, 7) is 1.79. The molecular formula is C15H20N4O4. The number of H-pyrrole nitrogens is 1. The van der Waals surface area contributed by atoms with E-state index in [0.29, 0.717) is 44.6 Å². The van der Waals surface area contributed by atoms with Gasteiger partial charge in [0, 0.05) is 38.4 Å². The molecule has 1 unspecified atom stereocenters. The van der Waals surface area contributed by atoms with Crippen LogP contribution in [0.25, 0.3) is 0 Å². The molecule has 2 aliphatic rings. The lowest BCUT2D eigenvalue weighted by atomic mass is 9.95. The molecule has 0 bridgehead atoms. The summed E-state index contributed by atoms with van der Waals surface area (Å²) >= 11 is 0. The zero-order valence-electron chi connectivity index (χ0n) is 12.8. The Hall–Kier alpha value is -2.38. The number of aromatic nitrogens is 2. The van der Waals surface area contributed by atoms with Gasteiger partial charge in [-0.3, -0.25) is 9.59 Å². The number of hydrogen-bond donors (Lipinski definition) is 2. The van der Waals surface area contributed by atoms with Crippen LogP contribution in [0, 0.1) is 0 Å². The van der Waals surface area contributed by atoms with Crippen LogP contribution >= 0.6 is 0 Å². The first-order valence-corrected chi connectivity index (χ1v) is 7.86. The van der Waals surface area contributed by atoms with Crippen molar-refractivity contribution >= 4 is 12.0 Å². The van der Waals surface area contributed by atoms with Crippen molar-refractivity contribution in [2.45, 2.75) is 37.7 Å². The van der Waals surface area contributed by atoms with Crippen LogP contribution in [-0.4, -0.2) is 52.3 Å². The van der Waals surface area contributed by atoms with Gasteiger partial charge in [0.2, 0.25) is 5.91 Å². The lowest BCUT2D eigenvalue weighted by molar-refractivity contribution is -0.131. The molecule has 8 nitrogen and oxygen atoms in total. The van der Waals surface area contributed by atoms with E-state index in [1.807, 2.05) is 4.90 Å². The third kappa shape index (κ3) is 3.69. The molecule has 124 valence electrons. The van der Waals surface area contributed by atoms with Crippen LogP contribution in [0.3, 0.4) is 0 Å². The predicted octanol–water partition coefficient (Wildman–Crippen LogP) is 0.194. The molecule has 0 radical (unpaired) electrons. The first kappa shape index (κ1) is 15.5. The monoisotopic (exact) mass is 320 g/mol. The zero-order chi connectivity index (χ0) is 16.3. The Balaban J connectivity index is 1.53. The van der Waals surface area contributed by atoms with Crippen LogP contribution in [-0.2, 0) is 16.0 Å². The molecule has 1 atom stereocenters. The first-order chi connectivity index (χ1) is 11.1. The number of aryl methyl sites for hydroxylation is 1. The Morgan fingerprint density at radius 3 is 2.87 bits per heavy atom. The molecule has 0 saturated carbocycles. The van der Waals surface area contributed by atoms with E-state index in [0.717, 1.165) is 12.8 Å². The van der Waals surface area contributed by atoms with E-state index in [4.69, 9.17) is 4.74 Å². The molecule has 8 heteroatoms. The number of alkyl carbamates (subject to hydrolysis) is 1. The molecule has 2 fully saturated rings. The number of nitrogens with zero attached hydrogens (tertiary/aromatic N) is 2. The van der Waals surface area contributed by atoms with Crippen LogP contribution in [0.15, 0.2) is 16.9 Å². The van der Waals surface area contributed by atoms with Crippen molar-refractivity contribution in [2.24, 2.45) is 0 Å². The number of nitrogens with one attached hydrogen (secondary N) is 2. The number of likely N-dealkylation sites (tertiary alicyclic amines) is 1. The van der Waals surface area contributed by atoms with E-state index in [1.54, 1.807) is 6.07 Å². The second-order valence-corrected chi connectivity index (χ2v) is 6.07. The van der Waals surface area contributed by atoms with Crippen molar-refractivity contribution in [3.05, 3.63) is 28.2 Å². The minimum Gasteiger partial charge on any atom is -0.441 e. The number of aromatic amines is 1. The fourth-order valence-corrected chi connectivity index (χ4v) is 3.10. The Bertz CT molecular complexity index is 639. The van der Waals surface area contributed by atoms with Gasteiger partial charge in [-0.25, -0.2) is 9.89 Å². The van der Waals surface area contributed by atoms with Crippen LogP contribution in [0.1, 0.15) is 31.4 Å². The summed E-state index contributed by atoms with van der Waals surface area (Å²) in [5.74, 6) is 0.0623. The highest BCUT2D eigenvalue weighted by Gasteiger charge is 2.41. The average molecular weight is 320 g/mol. The smallest absolute Gasteiger partial charge is 0.407 e. The Morgan fingerprint density at radius 2 is 2.17 bits per heavy atom. The fourth-order valence-electron chi connectivity index (χ4n) is 3.10. The number of ether oxygens (including phenoxy) is 1. The summed E-state index contributed by atoms with van der Waals surface area (Å²) in [7, 11) is 0. The molecule has 0 aromatic carbocycles. The van der Waals surface area contributed by atoms with Gasteiger partial charge in [0.25, 0.3) is 5.56 Å². The van der Waals surface area contributed by atoms with Crippen molar-refractivity contribution in [1.82, 2.24) is 20.4 Å². The van der Waals surface area contributed by atoms with Crippen molar-refractivity contribution in [3.63, 3.8) is 0 Å². The minimum absolute atomic E-state index is 0.0623. The minimum atomic E-state index is -0.452. The van der Waals surface area contributed by atoms with Crippen molar-refractivity contribution < 1.29 is 14.3 Å². The highest BCUT2D eigenvalue weighted by atomic mass is 16.6. The molecule has 0 aliphatic carbocycles. The summed E-state index contributed by atoms with van der Waals surface area (Å²) in [4.78, 5) is 36.4. The molecule has 3 heterocycles. The van der Waals surface area contributed by atoms with Crippen LogP contribution in [0.2, 0.25) is 0 Å². The molecule has 1 spiro atoms. The average Bonchev–Trinajstić information content (AvgIpc) is 2.78. The topological polar surface area (TPSA) is 104 Å². The highest BCUT2D eigenvalue weighted by Crippen LogP contribution is 2.29. The number of carbonyl (C=O) groups is 2. The molecule has 23 heavy (non-hydrogen) atoms. The van der Waals surface area contributed by atoms with E-state index in [1.165, 1.54) is 6.07 Å². The number of hydrogen-bond acceptors (Lipinski definition) is 5. The van der Waals surface area contributed by atoms with Gasteiger partial charge in [-0.1, -0.05) is 0 Å². The van der Waals surface area contributed by atoms with Crippen LogP contribution in [0.4, 0.5) is 4.79 Å². The van der Waals surface area contributed by atoms with Crippen molar-refractivity contribution in [3.8, 4) is 0 Å². The molecule has 2 amide bonds. The largest absolute Gasteiger partial charge is 0.441 e. The third-order valence-corrected chi connectivity index (χ3v) is 4.45.